The zero-order valence-corrected chi connectivity index (χ0v) is 65.3. The maximum atomic E-state index is 12.5. The highest BCUT2D eigenvalue weighted by Crippen LogP contribution is 2.49. The molecule has 1 aliphatic heterocycles. The molecule has 16 nitrogen and oxygen atoms in total. The van der Waals surface area contributed by atoms with E-state index in [1.807, 2.05) is 106 Å². The third-order valence-corrected chi connectivity index (χ3v) is 24.4. The van der Waals surface area contributed by atoms with E-state index in [1.54, 1.807) is 110 Å². The molecule has 0 bridgehead atoms. The average molecular weight is 1510 g/mol. The summed E-state index contributed by atoms with van der Waals surface area (Å²) in [6.45, 7) is 17.7. The maximum absolute atomic E-state index is 12.5. The monoisotopic (exact) mass is 1510 g/mol. The van der Waals surface area contributed by atoms with E-state index in [0.29, 0.717) is 44.2 Å². The summed E-state index contributed by atoms with van der Waals surface area (Å²) < 4.78 is 6.76. The van der Waals surface area contributed by atoms with Gasteiger partial charge < -0.3 is 36.4 Å². The number of aromatic nitrogens is 7. The highest BCUT2D eigenvalue weighted by atomic mass is 35.5. The molecule has 1 amide bonds. The molecule has 6 heterocycles. The minimum atomic E-state index is -0.319. The van der Waals surface area contributed by atoms with Crippen LogP contribution in [0.3, 0.4) is 0 Å². The summed E-state index contributed by atoms with van der Waals surface area (Å²) in [6, 6.07) is 49.2. The number of hydrogen-bond donors (Lipinski definition) is 7. The van der Waals surface area contributed by atoms with Crippen LogP contribution >= 0.6 is 57.6 Å². The number of hydrazone groups is 1. The van der Waals surface area contributed by atoms with Crippen molar-refractivity contribution < 1.29 is 19.4 Å². The average Bonchev–Trinajstić information content (AvgIpc) is 1.50. The van der Waals surface area contributed by atoms with Crippen LogP contribution in [0.1, 0.15) is 144 Å². The Kier molecular flexibility index (Phi) is 26.0. The number of nitrogens with two attached hydrogens (primary N) is 1. The second-order valence-corrected chi connectivity index (χ2v) is 32.8. The number of hydrogen-bond acceptors (Lipinski definition) is 17. The van der Waals surface area contributed by atoms with Crippen molar-refractivity contribution >= 4 is 113 Å². The molecule has 0 radical (unpaired) electrons. The van der Waals surface area contributed by atoms with Gasteiger partial charge in [0.2, 0.25) is 17.0 Å². The standard InChI is InChI=1S/C21H38.C18H19N5OS.C17H16N2OS.C16H12ClN3S.C13H9ClN2O2/c1-15-8-10-18(11-9-15)16(2)14-20-13-12-19-6-4-5-7-21(19)17(20)3;1-11-5-4-6-12(2)15(11)20-17(24)13(3)25-18-21-16(22-23-18)14-7-9-19-10-8-14;1-11-3-8-15(12(2)9-11)16-10-21-17(19-16)18-13-4-6-14(20)7-5-13;17-11-7-5-10(6-8-11)13-9-14(20-19-13)16-18-12-3-1-2-4-15(12)21-16;14-7-1-4-12-10(5-7)16-13(18-12)9-3-2-8(15)6-11(9)17/h15-21H,4-14H2,1-3H3;4-10,13H,1-3H3,(H,20,24)(H,21,22,23);3-10,20H,1-2H3,(H,18,19);1-8,13,19H,9H2;1-6,17H,15H2/t15?,16-,17+,18?,19-,20-,21+;;;;/m0..../s1. The highest BCUT2D eigenvalue weighted by Gasteiger charge is 2.39. The number of anilines is 4. The largest absolute Gasteiger partial charge is 0.508 e. The number of carbonyl (C=O) groups excluding carboxylic acids is 1. The summed E-state index contributed by atoms with van der Waals surface area (Å²) in [6.07, 6.45) is 21.1. The number of pyridine rings is 1. The quantitative estimate of drug-likeness (QED) is 0.0305. The summed E-state index contributed by atoms with van der Waals surface area (Å²) in [5.41, 5.74) is 23.7. The van der Waals surface area contributed by atoms with Crippen LogP contribution in [0.4, 0.5) is 22.2 Å². The number of aromatic amines is 1. The fraction of sp³-hybridized carbons (Fsp3) is 0.341. The van der Waals surface area contributed by atoms with E-state index < -0.39 is 0 Å². The number of nitrogens with one attached hydrogen (secondary N) is 4. The number of thiazole rings is 2. The van der Waals surface area contributed by atoms with Crippen molar-refractivity contribution in [3.63, 3.8) is 0 Å². The van der Waals surface area contributed by atoms with Gasteiger partial charge >= 0.3 is 0 Å². The number of halogens is 2. The molecule has 16 rings (SSSR count). The number of benzene rings is 7. The molecule has 21 heteroatoms. The Hall–Kier alpha value is -9.11. The molecule has 0 spiro atoms. The molecule has 3 aliphatic carbocycles. The van der Waals surface area contributed by atoms with Crippen molar-refractivity contribution in [3.8, 4) is 45.6 Å². The van der Waals surface area contributed by atoms with Gasteiger partial charge in [-0.1, -0.05) is 154 Å². The van der Waals surface area contributed by atoms with E-state index in [2.05, 4.69) is 121 Å². The minimum absolute atomic E-state index is 0.0349. The lowest BCUT2D eigenvalue weighted by atomic mass is 9.60. The normalized spacial score (nSPS) is 19.4. The van der Waals surface area contributed by atoms with Crippen molar-refractivity contribution in [2.45, 2.75) is 149 Å². The van der Waals surface area contributed by atoms with E-state index in [-0.39, 0.29) is 28.7 Å². The molecule has 2 unspecified atom stereocenters. The van der Waals surface area contributed by atoms with Crippen LogP contribution in [0.25, 0.3) is 55.4 Å². The number of amides is 1. The number of oxazole rings is 1. The summed E-state index contributed by atoms with van der Waals surface area (Å²) in [5, 5.41) is 42.4. The van der Waals surface area contributed by atoms with E-state index in [0.717, 1.165) is 114 Å². The number of H-pyrrole nitrogens is 1. The number of thioether (sulfide) groups is 1. The van der Waals surface area contributed by atoms with Crippen molar-refractivity contribution in [1.29, 1.82) is 0 Å². The first-order valence-corrected chi connectivity index (χ1v) is 40.1. The Morgan fingerprint density at radius 2 is 1.46 bits per heavy atom. The van der Waals surface area contributed by atoms with Crippen LogP contribution in [-0.2, 0) is 4.79 Å². The fourth-order valence-electron chi connectivity index (χ4n) is 15.0. The van der Waals surface area contributed by atoms with Gasteiger partial charge in [0.1, 0.15) is 22.0 Å². The van der Waals surface area contributed by atoms with Crippen molar-refractivity contribution in [2.24, 2.45) is 46.5 Å². The van der Waals surface area contributed by atoms with Crippen LogP contribution in [0.5, 0.6) is 11.5 Å². The second kappa shape index (κ2) is 36.0. The Morgan fingerprint density at radius 3 is 2.21 bits per heavy atom. The number of aryl methyl sites for hydroxylation is 4. The number of para-hydroxylation sites is 2. The number of nitrogen functional groups attached to an aromatic ring is 1. The fourth-order valence-corrected chi connectivity index (χ4v) is 17.7. The van der Waals surface area contributed by atoms with Gasteiger partial charge in [0.25, 0.3) is 0 Å². The third kappa shape index (κ3) is 20.1. The SMILES string of the molecule is CC1CCC([C@@H](C)C[C@@H]2CC[C@@H]3CCCC[C@@H]3[C@@H]2C)CC1.Cc1ccc(-c2csc(Nc3ccc(O)cc3)n2)c(C)c1.Cc1cccc(C)c1NC(=O)C(C)Sc1n[nH]c(-c2ccncc2)n1.Clc1ccc(C2CC(c3nc4ccccc4s3)=NN2)cc1.Nc1ccc(-c2nc3cc(Cl)ccc3o2)c(O)c1. The number of fused-ring (bicyclic) bond motifs is 3. The van der Waals surface area contributed by atoms with Gasteiger partial charge in [0.15, 0.2) is 16.5 Å². The smallest absolute Gasteiger partial charge is 0.237 e. The Labute approximate surface area is 644 Å². The lowest BCUT2D eigenvalue weighted by Crippen LogP contribution is -2.36. The van der Waals surface area contributed by atoms with Crippen LogP contribution in [0, 0.1) is 69.1 Å². The van der Waals surface area contributed by atoms with Gasteiger partial charge in [-0.25, -0.2) is 19.9 Å². The van der Waals surface area contributed by atoms with Crippen LogP contribution < -0.4 is 21.8 Å². The number of nitrogens with zero attached hydrogens (tertiary/aromatic N) is 7. The first kappa shape index (κ1) is 76.5. The molecule has 8 N–H and O–H groups in total. The zero-order valence-electron chi connectivity index (χ0n) is 61.3. The number of aromatic hydroxyl groups is 2. The first-order chi connectivity index (χ1) is 51.2. The minimum Gasteiger partial charge on any atom is -0.508 e. The molecule has 5 aromatic heterocycles. The number of rotatable bonds is 14. The van der Waals surface area contributed by atoms with Gasteiger partial charge in [-0.2, -0.15) is 5.10 Å². The van der Waals surface area contributed by atoms with Crippen molar-refractivity contribution in [2.75, 3.05) is 16.4 Å². The number of carbonyl (C=O) groups is 1. The van der Waals surface area contributed by atoms with E-state index in [9.17, 15) is 15.0 Å². The zero-order chi connectivity index (χ0) is 74.4. The molecule has 3 saturated carbocycles. The molecule has 4 aliphatic rings. The molecule has 3 fully saturated rings. The van der Waals surface area contributed by atoms with Crippen LogP contribution in [0.2, 0.25) is 10.0 Å². The Balaban J connectivity index is 0.000000125. The second-order valence-electron chi connectivity index (χ2n) is 28.8. The molecule has 0 saturated heterocycles. The predicted molar refractivity (Wildman–Crippen MR) is 439 cm³/mol. The number of phenols is 2. The third-order valence-electron chi connectivity index (χ3n) is 21.1. The molecule has 7 aromatic carbocycles. The first-order valence-electron chi connectivity index (χ1n) is 36.8. The summed E-state index contributed by atoms with van der Waals surface area (Å²) >= 11 is 16.4. The van der Waals surface area contributed by atoms with Crippen LogP contribution in [-0.4, -0.2) is 62.2 Å². The molecule has 106 heavy (non-hydrogen) atoms. The lowest BCUT2D eigenvalue weighted by molar-refractivity contribution is -0.115. The summed E-state index contributed by atoms with van der Waals surface area (Å²) in [5.74, 6) is 8.55. The molecule has 12 aromatic rings. The number of phenolic OH excluding ortho intramolecular Hbond substituents is 2. The lowest BCUT2D eigenvalue weighted by Gasteiger charge is -2.46. The summed E-state index contributed by atoms with van der Waals surface area (Å²) in [4.78, 5) is 34.5. The van der Waals surface area contributed by atoms with Crippen molar-refractivity contribution in [3.05, 3.63) is 218 Å². The van der Waals surface area contributed by atoms with Gasteiger partial charge in [-0.05, 0) is 228 Å². The van der Waals surface area contributed by atoms with Crippen molar-refractivity contribution in [1.82, 2.24) is 40.5 Å². The molecule has 7 atom stereocenters. The van der Waals surface area contributed by atoms with E-state index in [1.165, 1.54) is 77.7 Å². The van der Waals surface area contributed by atoms with Gasteiger partial charge in [0.05, 0.1) is 38.5 Å². The molecular weight excluding hydrogens is 1420 g/mol. The highest BCUT2D eigenvalue weighted by molar-refractivity contribution is 8.00. The molecule has 550 valence electrons. The van der Waals surface area contributed by atoms with E-state index in [4.69, 9.17) is 33.4 Å². The van der Waals surface area contributed by atoms with Crippen LogP contribution in [0.15, 0.2) is 190 Å². The van der Waals surface area contributed by atoms with Gasteiger partial charge in [0, 0.05) is 68.5 Å². The topological polar surface area (TPSA) is 238 Å². The predicted octanol–water partition coefficient (Wildman–Crippen LogP) is 23.0. The summed E-state index contributed by atoms with van der Waals surface area (Å²) in [7, 11) is 0. The maximum Gasteiger partial charge on any atom is 0.237 e. The van der Waals surface area contributed by atoms with E-state index >= 15 is 0 Å². The van der Waals surface area contributed by atoms with Gasteiger partial charge in [-0.3, -0.25) is 14.9 Å². The Bertz CT molecular complexity index is 4870. The van der Waals surface area contributed by atoms with Gasteiger partial charge in [-0.15, -0.1) is 27.8 Å². The Morgan fingerprint density at radius 1 is 0.726 bits per heavy atom. The molecular formula is C85H94Cl2N12O4S3.